The number of fused-ring (bicyclic) bond motifs is 3. The minimum atomic E-state index is -0.826. The summed E-state index contributed by atoms with van der Waals surface area (Å²) in [5.74, 6) is -1.31. The van der Waals surface area contributed by atoms with Gasteiger partial charge in [0.2, 0.25) is 0 Å². The first-order valence-corrected chi connectivity index (χ1v) is 9.92. The number of carbonyl (C=O) groups is 2. The van der Waals surface area contributed by atoms with Gasteiger partial charge in [-0.05, 0) is 34.6 Å². The van der Waals surface area contributed by atoms with E-state index in [-0.39, 0.29) is 25.0 Å². The number of aliphatic carboxylic acids is 1. The molecular formula is C23H25NO4. The van der Waals surface area contributed by atoms with Crippen molar-refractivity contribution in [3.63, 3.8) is 0 Å². The third kappa shape index (κ3) is 3.26. The summed E-state index contributed by atoms with van der Waals surface area (Å²) >= 11 is 0. The fourth-order valence-corrected chi connectivity index (χ4v) is 4.65. The van der Waals surface area contributed by atoms with E-state index in [0.717, 1.165) is 12.8 Å². The van der Waals surface area contributed by atoms with Gasteiger partial charge in [-0.1, -0.05) is 61.9 Å². The van der Waals surface area contributed by atoms with Crippen LogP contribution in [0.25, 0.3) is 11.1 Å². The Morgan fingerprint density at radius 1 is 1.04 bits per heavy atom. The molecule has 2 atom stereocenters. The van der Waals surface area contributed by atoms with Gasteiger partial charge in [0.1, 0.15) is 6.61 Å². The van der Waals surface area contributed by atoms with E-state index in [9.17, 15) is 14.7 Å². The van der Waals surface area contributed by atoms with Gasteiger partial charge in [-0.2, -0.15) is 0 Å². The van der Waals surface area contributed by atoms with Gasteiger partial charge in [-0.25, -0.2) is 4.79 Å². The van der Waals surface area contributed by atoms with Gasteiger partial charge in [-0.15, -0.1) is 0 Å². The zero-order valence-corrected chi connectivity index (χ0v) is 16.0. The largest absolute Gasteiger partial charge is 0.481 e. The molecule has 4 rings (SSSR count). The Bertz CT molecular complexity index is 848. The summed E-state index contributed by atoms with van der Waals surface area (Å²) in [5, 5.41) is 9.45. The first-order valence-electron chi connectivity index (χ1n) is 9.92. The zero-order valence-electron chi connectivity index (χ0n) is 16.0. The van der Waals surface area contributed by atoms with E-state index in [1.807, 2.05) is 31.2 Å². The molecule has 1 aliphatic heterocycles. The molecule has 0 radical (unpaired) electrons. The molecule has 1 heterocycles. The first kappa shape index (κ1) is 18.5. The quantitative estimate of drug-likeness (QED) is 0.838. The number of carbonyl (C=O) groups excluding carboxylic acids is 1. The number of hydrogen-bond acceptors (Lipinski definition) is 3. The van der Waals surface area contributed by atoms with Crippen molar-refractivity contribution in [2.24, 2.45) is 11.8 Å². The van der Waals surface area contributed by atoms with Crippen LogP contribution in [0.2, 0.25) is 0 Å². The number of rotatable bonds is 5. The summed E-state index contributed by atoms with van der Waals surface area (Å²) in [7, 11) is 0. The molecule has 1 N–H and O–H groups in total. The molecule has 1 fully saturated rings. The van der Waals surface area contributed by atoms with Gasteiger partial charge in [-0.3, -0.25) is 4.79 Å². The molecule has 5 heteroatoms. The van der Waals surface area contributed by atoms with Crippen LogP contribution in [-0.2, 0) is 9.53 Å². The van der Waals surface area contributed by atoms with Gasteiger partial charge in [0.15, 0.2) is 0 Å². The van der Waals surface area contributed by atoms with Crippen LogP contribution in [0.4, 0.5) is 4.79 Å². The number of amides is 1. The van der Waals surface area contributed by atoms with E-state index in [1.165, 1.54) is 22.3 Å². The molecule has 1 amide bonds. The molecule has 1 aliphatic carbocycles. The molecular weight excluding hydrogens is 354 g/mol. The van der Waals surface area contributed by atoms with Crippen molar-refractivity contribution in [3.8, 4) is 11.1 Å². The summed E-state index contributed by atoms with van der Waals surface area (Å²) in [4.78, 5) is 25.7. The van der Waals surface area contributed by atoms with Crippen LogP contribution in [0.1, 0.15) is 36.8 Å². The minimum Gasteiger partial charge on any atom is -0.481 e. The fourth-order valence-electron chi connectivity index (χ4n) is 4.65. The van der Waals surface area contributed by atoms with Crippen LogP contribution in [0.15, 0.2) is 48.5 Å². The predicted molar refractivity (Wildman–Crippen MR) is 106 cm³/mol. The smallest absolute Gasteiger partial charge is 0.409 e. The van der Waals surface area contributed by atoms with Crippen LogP contribution in [0.3, 0.4) is 0 Å². The normalized spacial score (nSPS) is 20.7. The summed E-state index contributed by atoms with van der Waals surface area (Å²) in [6.45, 7) is 2.99. The van der Waals surface area contributed by atoms with E-state index in [1.54, 1.807) is 4.90 Å². The predicted octanol–water partition coefficient (Wildman–Crippen LogP) is 4.37. The highest BCUT2D eigenvalue weighted by molar-refractivity contribution is 5.79. The maximum absolute atomic E-state index is 12.7. The molecule has 0 unspecified atom stereocenters. The standard InChI is InChI=1S/C23H25NO4/c1-2-7-15-12-24(13-20(15)22(25)26)23(27)28-14-21-18-10-5-3-8-16(18)17-9-4-6-11-19(17)21/h3-6,8-11,15,20-21H,2,7,12-14H2,1H3,(H,25,26)/t15-,20-/m1/s1. The van der Waals surface area contributed by atoms with Crippen LogP contribution in [0.5, 0.6) is 0 Å². The van der Waals surface area contributed by atoms with Crippen molar-refractivity contribution in [1.29, 1.82) is 0 Å². The summed E-state index contributed by atoms with van der Waals surface area (Å²) in [6, 6.07) is 16.4. The monoisotopic (exact) mass is 379 g/mol. The van der Waals surface area contributed by atoms with Crippen molar-refractivity contribution in [1.82, 2.24) is 4.90 Å². The molecule has 1 saturated heterocycles. The molecule has 0 bridgehead atoms. The van der Waals surface area contributed by atoms with Gasteiger partial charge in [0, 0.05) is 19.0 Å². The van der Waals surface area contributed by atoms with Gasteiger partial charge in [0.05, 0.1) is 5.92 Å². The van der Waals surface area contributed by atoms with Gasteiger partial charge >= 0.3 is 12.1 Å². The maximum atomic E-state index is 12.7. The lowest BCUT2D eigenvalue weighted by Gasteiger charge is -2.19. The summed E-state index contributed by atoms with van der Waals surface area (Å²) < 4.78 is 5.67. The van der Waals surface area contributed by atoms with Gasteiger partial charge < -0.3 is 14.7 Å². The Hall–Kier alpha value is -2.82. The third-order valence-electron chi connectivity index (χ3n) is 6.01. The zero-order chi connectivity index (χ0) is 19.7. The molecule has 2 aromatic rings. The van der Waals surface area contributed by atoms with Crippen molar-refractivity contribution < 1.29 is 19.4 Å². The van der Waals surface area contributed by atoms with Crippen LogP contribution >= 0.6 is 0 Å². The van der Waals surface area contributed by atoms with E-state index in [2.05, 4.69) is 24.3 Å². The number of carboxylic acids is 1. The van der Waals surface area contributed by atoms with E-state index in [0.29, 0.717) is 6.54 Å². The van der Waals surface area contributed by atoms with E-state index >= 15 is 0 Å². The number of hydrogen-bond donors (Lipinski definition) is 1. The molecule has 0 spiro atoms. The minimum absolute atomic E-state index is 0.00276. The number of likely N-dealkylation sites (tertiary alicyclic amines) is 1. The Morgan fingerprint density at radius 3 is 2.21 bits per heavy atom. The molecule has 2 aliphatic rings. The van der Waals surface area contributed by atoms with E-state index < -0.39 is 18.0 Å². The van der Waals surface area contributed by atoms with Crippen molar-refractivity contribution >= 4 is 12.1 Å². The molecule has 0 aromatic heterocycles. The number of carboxylic acid groups (broad SMARTS) is 1. The molecule has 2 aromatic carbocycles. The second-order valence-electron chi connectivity index (χ2n) is 7.70. The highest BCUT2D eigenvalue weighted by atomic mass is 16.6. The molecule has 28 heavy (non-hydrogen) atoms. The topological polar surface area (TPSA) is 66.8 Å². The third-order valence-corrected chi connectivity index (χ3v) is 6.01. The average molecular weight is 379 g/mol. The first-order chi connectivity index (χ1) is 13.6. The van der Waals surface area contributed by atoms with E-state index in [4.69, 9.17) is 4.74 Å². The molecule has 5 nitrogen and oxygen atoms in total. The lowest BCUT2D eigenvalue weighted by molar-refractivity contribution is -0.142. The molecule has 146 valence electrons. The number of ether oxygens (including phenoxy) is 1. The van der Waals surface area contributed by atoms with Crippen molar-refractivity contribution in [2.45, 2.75) is 25.7 Å². The SMILES string of the molecule is CCC[C@@H]1CN(C(=O)OCC2c3ccccc3-c3ccccc32)C[C@H]1C(=O)O. The summed E-state index contributed by atoms with van der Waals surface area (Å²) in [5.41, 5.74) is 4.72. The molecule has 0 saturated carbocycles. The number of benzene rings is 2. The average Bonchev–Trinajstić information content (AvgIpc) is 3.26. The highest BCUT2D eigenvalue weighted by Gasteiger charge is 2.40. The van der Waals surface area contributed by atoms with Crippen molar-refractivity contribution in [3.05, 3.63) is 59.7 Å². The lowest BCUT2D eigenvalue weighted by Crippen LogP contribution is -2.31. The Morgan fingerprint density at radius 2 is 1.64 bits per heavy atom. The number of nitrogens with zero attached hydrogens (tertiary/aromatic N) is 1. The Labute approximate surface area is 164 Å². The Balaban J connectivity index is 1.46. The van der Waals surface area contributed by atoms with Crippen LogP contribution in [-0.4, -0.2) is 41.8 Å². The van der Waals surface area contributed by atoms with Crippen LogP contribution < -0.4 is 0 Å². The van der Waals surface area contributed by atoms with Crippen molar-refractivity contribution in [2.75, 3.05) is 19.7 Å². The van der Waals surface area contributed by atoms with Crippen LogP contribution in [0, 0.1) is 11.8 Å². The Kier molecular flexibility index (Phi) is 5.07. The lowest BCUT2D eigenvalue weighted by atomic mass is 9.92. The second kappa shape index (κ2) is 7.66. The fraction of sp³-hybridized carbons (Fsp3) is 0.391. The maximum Gasteiger partial charge on any atom is 0.409 e. The van der Waals surface area contributed by atoms with Gasteiger partial charge in [0.25, 0.3) is 0 Å². The second-order valence-corrected chi connectivity index (χ2v) is 7.70. The highest BCUT2D eigenvalue weighted by Crippen LogP contribution is 2.44. The summed E-state index contributed by atoms with van der Waals surface area (Å²) in [6.07, 6.45) is 1.31.